The van der Waals surface area contributed by atoms with Crippen LogP contribution in [0.3, 0.4) is 0 Å². The summed E-state index contributed by atoms with van der Waals surface area (Å²) in [7, 11) is 1.38. The first-order valence-electron chi connectivity index (χ1n) is 7.16. The molecule has 2 N–H and O–H groups in total. The molecule has 3 heteroatoms. The molecule has 0 aliphatic heterocycles. The Labute approximate surface area is 116 Å². The Kier molecular flexibility index (Phi) is 7.01. The van der Waals surface area contributed by atoms with E-state index >= 15 is 0 Å². The standard InChI is InChI=1S/C16H25NO2/c1-3-4-5-6-7-8-10-13-11-9-12-14(15(13)17)16(18)19-2/h9,11-12H,3-8,10,17H2,1-2H3. The largest absolute Gasteiger partial charge is 0.465 e. The lowest BCUT2D eigenvalue weighted by molar-refractivity contribution is 0.0602. The van der Waals surface area contributed by atoms with Gasteiger partial charge in [-0.15, -0.1) is 0 Å². The molecule has 1 aromatic rings. The van der Waals surface area contributed by atoms with Gasteiger partial charge in [-0.1, -0.05) is 51.2 Å². The summed E-state index contributed by atoms with van der Waals surface area (Å²) < 4.78 is 4.72. The fourth-order valence-corrected chi connectivity index (χ4v) is 2.21. The number of hydrogen-bond donors (Lipinski definition) is 1. The van der Waals surface area contributed by atoms with Crippen LogP contribution in [-0.4, -0.2) is 13.1 Å². The number of ether oxygens (including phenoxy) is 1. The Balaban J connectivity index is 2.48. The topological polar surface area (TPSA) is 52.3 Å². The molecule has 0 unspecified atom stereocenters. The van der Waals surface area contributed by atoms with Gasteiger partial charge in [0.05, 0.1) is 12.7 Å². The monoisotopic (exact) mass is 263 g/mol. The van der Waals surface area contributed by atoms with Gasteiger partial charge in [-0.05, 0) is 24.5 Å². The van der Waals surface area contributed by atoms with Gasteiger partial charge >= 0.3 is 5.97 Å². The minimum Gasteiger partial charge on any atom is -0.465 e. The van der Waals surface area contributed by atoms with Crippen LogP contribution in [0.1, 0.15) is 61.4 Å². The van der Waals surface area contributed by atoms with Crippen molar-refractivity contribution >= 4 is 11.7 Å². The molecule has 0 saturated heterocycles. The number of nitrogen functional groups attached to an aromatic ring is 1. The molecule has 0 amide bonds. The van der Waals surface area contributed by atoms with Gasteiger partial charge in [-0.25, -0.2) is 4.79 Å². The van der Waals surface area contributed by atoms with Crippen LogP contribution in [0.25, 0.3) is 0 Å². The lowest BCUT2D eigenvalue weighted by Crippen LogP contribution is -2.07. The number of anilines is 1. The predicted octanol–water partition coefficient (Wildman–Crippen LogP) is 3.96. The first-order valence-corrected chi connectivity index (χ1v) is 7.16. The zero-order chi connectivity index (χ0) is 14.1. The highest BCUT2D eigenvalue weighted by molar-refractivity contribution is 5.95. The SMILES string of the molecule is CCCCCCCCc1cccc(C(=O)OC)c1N. The number of benzene rings is 1. The van der Waals surface area contributed by atoms with Crippen molar-refractivity contribution in [2.75, 3.05) is 12.8 Å². The van der Waals surface area contributed by atoms with Crippen LogP contribution in [-0.2, 0) is 11.2 Å². The summed E-state index contributed by atoms with van der Waals surface area (Å²) in [5, 5.41) is 0. The average Bonchev–Trinajstić information content (AvgIpc) is 2.43. The summed E-state index contributed by atoms with van der Waals surface area (Å²) in [4.78, 5) is 11.5. The van der Waals surface area contributed by atoms with Crippen molar-refractivity contribution in [1.82, 2.24) is 0 Å². The minimum absolute atomic E-state index is 0.359. The number of para-hydroxylation sites is 1. The van der Waals surface area contributed by atoms with E-state index in [2.05, 4.69) is 6.92 Å². The molecule has 1 rings (SSSR count). The Morgan fingerprint density at radius 2 is 1.84 bits per heavy atom. The highest BCUT2D eigenvalue weighted by Crippen LogP contribution is 2.21. The van der Waals surface area contributed by atoms with Crippen LogP contribution in [0.2, 0.25) is 0 Å². The number of carbonyl (C=O) groups excluding carboxylic acids is 1. The highest BCUT2D eigenvalue weighted by atomic mass is 16.5. The van der Waals surface area contributed by atoms with Gasteiger partial charge in [0.2, 0.25) is 0 Å². The number of carbonyl (C=O) groups is 1. The smallest absolute Gasteiger partial charge is 0.339 e. The quantitative estimate of drug-likeness (QED) is 0.439. The van der Waals surface area contributed by atoms with E-state index in [0.29, 0.717) is 11.3 Å². The molecular formula is C16H25NO2. The summed E-state index contributed by atoms with van der Waals surface area (Å²) in [5.41, 5.74) is 8.13. The summed E-state index contributed by atoms with van der Waals surface area (Å²) in [5.74, 6) is -0.359. The fraction of sp³-hybridized carbons (Fsp3) is 0.562. The second-order valence-electron chi connectivity index (χ2n) is 4.89. The van der Waals surface area contributed by atoms with Gasteiger partial charge in [0, 0.05) is 5.69 Å². The molecule has 0 spiro atoms. The summed E-state index contributed by atoms with van der Waals surface area (Å²) >= 11 is 0. The van der Waals surface area contributed by atoms with Gasteiger partial charge in [0.1, 0.15) is 0 Å². The van der Waals surface area contributed by atoms with Gasteiger partial charge in [0.25, 0.3) is 0 Å². The molecule has 0 saturated carbocycles. The van der Waals surface area contributed by atoms with E-state index in [0.717, 1.165) is 18.4 Å². The van der Waals surface area contributed by atoms with Crippen LogP contribution in [0.4, 0.5) is 5.69 Å². The van der Waals surface area contributed by atoms with Crippen molar-refractivity contribution in [3.8, 4) is 0 Å². The van der Waals surface area contributed by atoms with Crippen LogP contribution < -0.4 is 5.73 Å². The third-order valence-corrected chi connectivity index (χ3v) is 3.40. The first kappa shape index (κ1) is 15.5. The van der Waals surface area contributed by atoms with E-state index in [1.165, 1.54) is 39.2 Å². The second kappa shape index (κ2) is 8.57. The molecule has 0 aliphatic carbocycles. The number of aryl methyl sites for hydroxylation is 1. The van der Waals surface area contributed by atoms with Gasteiger partial charge in [0.15, 0.2) is 0 Å². The first-order chi connectivity index (χ1) is 9.20. The molecule has 1 aromatic carbocycles. The second-order valence-corrected chi connectivity index (χ2v) is 4.89. The normalized spacial score (nSPS) is 10.4. The molecule has 106 valence electrons. The number of nitrogens with two attached hydrogens (primary N) is 1. The maximum absolute atomic E-state index is 11.5. The minimum atomic E-state index is -0.359. The number of unbranched alkanes of at least 4 members (excludes halogenated alkanes) is 5. The Morgan fingerprint density at radius 1 is 1.16 bits per heavy atom. The third kappa shape index (κ3) is 4.93. The molecule has 19 heavy (non-hydrogen) atoms. The molecule has 0 heterocycles. The molecule has 0 aliphatic rings. The van der Waals surface area contributed by atoms with Gasteiger partial charge in [-0.3, -0.25) is 0 Å². The van der Waals surface area contributed by atoms with E-state index in [1.54, 1.807) is 6.07 Å². The summed E-state index contributed by atoms with van der Waals surface area (Å²) in [6, 6.07) is 5.58. The molecule has 3 nitrogen and oxygen atoms in total. The van der Waals surface area contributed by atoms with Crippen molar-refractivity contribution in [2.45, 2.75) is 51.9 Å². The van der Waals surface area contributed by atoms with Crippen molar-refractivity contribution in [2.24, 2.45) is 0 Å². The molecule has 0 aromatic heterocycles. The zero-order valence-electron chi connectivity index (χ0n) is 12.1. The van der Waals surface area contributed by atoms with Crippen LogP contribution in [0, 0.1) is 0 Å². The highest BCUT2D eigenvalue weighted by Gasteiger charge is 2.12. The van der Waals surface area contributed by atoms with Gasteiger partial charge in [-0.2, -0.15) is 0 Å². The van der Waals surface area contributed by atoms with E-state index < -0.39 is 0 Å². The number of rotatable bonds is 8. The summed E-state index contributed by atoms with van der Waals surface area (Å²) in [6.45, 7) is 2.22. The number of methoxy groups -OCH3 is 1. The van der Waals surface area contributed by atoms with Crippen molar-refractivity contribution in [1.29, 1.82) is 0 Å². The van der Waals surface area contributed by atoms with Crippen LogP contribution in [0.15, 0.2) is 18.2 Å². The fourth-order valence-electron chi connectivity index (χ4n) is 2.21. The van der Waals surface area contributed by atoms with E-state index in [4.69, 9.17) is 10.5 Å². The number of hydrogen-bond acceptors (Lipinski definition) is 3. The van der Waals surface area contributed by atoms with Crippen LogP contribution in [0.5, 0.6) is 0 Å². The average molecular weight is 263 g/mol. The van der Waals surface area contributed by atoms with Crippen molar-refractivity contribution in [3.63, 3.8) is 0 Å². The number of esters is 1. The Hall–Kier alpha value is -1.51. The van der Waals surface area contributed by atoms with Crippen molar-refractivity contribution < 1.29 is 9.53 Å². The maximum atomic E-state index is 11.5. The lowest BCUT2D eigenvalue weighted by Gasteiger charge is -2.09. The zero-order valence-corrected chi connectivity index (χ0v) is 12.1. The van der Waals surface area contributed by atoms with Crippen LogP contribution >= 0.6 is 0 Å². The van der Waals surface area contributed by atoms with Gasteiger partial charge < -0.3 is 10.5 Å². The molecule has 0 atom stereocenters. The van der Waals surface area contributed by atoms with E-state index in [9.17, 15) is 4.79 Å². The molecule has 0 bridgehead atoms. The molecule has 0 radical (unpaired) electrons. The van der Waals surface area contributed by atoms with E-state index in [1.807, 2.05) is 12.1 Å². The van der Waals surface area contributed by atoms with E-state index in [-0.39, 0.29) is 5.97 Å². The maximum Gasteiger partial charge on any atom is 0.339 e. The lowest BCUT2D eigenvalue weighted by atomic mass is 10.0. The predicted molar refractivity (Wildman–Crippen MR) is 79.3 cm³/mol. The molecular weight excluding hydrogens is 238 g/mol. The third-order valence-electron chi connectivity index (χ3n) is 3.40. The van der Waals surface area contributed by atoms with Crippen molar-refractivity contribution in [3.05, 3.63) is 29.3 Å². The molecule has 0 fully saturated rings. The Morgan fingerprint density at radius 3 is 2.53 bits per heavy atom. The summed E-state index contributed by atoms with van der Waals surface area (Å²) in [6.07, 6.45) is 8.47. The Bertz CT molecular complexity index is 402.